The second-order valence-corrected chi connectivity index (χ2v) is 3.48. The third kappa shape index (κ3) is 8.14. The van der Waals surface area contributed by atoms with Gasteiger partial charge in [-0.2, -0.15) is 0 Å². The molecule has 6 nitrogen and oxygen atoms in total. The summed E-state index contributed by atoms with van der Waals surface area (Å²) in [6, 6.07) is 8.54. The molecule has 0 aliphatic heterocycles. The smallest absolute Gasteiger partial charge is 0.320 e. The maximum Gasteiger partial charge on any atom is 0.320 e. The van der Waals surface area contributed by atoms with Gasteiger partial charge < -0.3 is 20.6 Å². The number of carboxylic acids is 1. The summed E-state index contributed by atoms with van der Waals surface area (Å²) in [4.78, 5) is 24.7. The van der Waals surface area contributed by atoms with Crippen molar-refractivity contribution in [3.63, 3.8) is 0 Å². The molecule has 0 fully saturated rings. The van der Waals surface area contributed by atoms with E-state index in [1.165, 1.54) is 0 Å². The molecule has 0 radical (unpaired) electrons. The number of nitrogens with two attached hydrogens (primary N) is 1. The molecule has 1 aromatic rings. The summed E-state index contributed by atoms with van der Waals surface area (Å²) < 4.78 is 8.74. The van der Waals surface area contributed by atoms with Gasteiger partial charge in [-0.3, -0.25) is 9.36 Å². The van der Waals surface area contributed by atoms with Crippen LogP contribution in [-0.4, -0.2) is 26.9 Å². The van der Waals surface area contributed by atoms with Gasteiger partial charge >= 0.3 is 14.2 Å². The molecule has 1 atom stereocenters. The number of hydrogen-bond donors (Lipinski definition) is 4. The fraction of sp³-hybridized carbons (Fsp3) is 0.222. The van der Waals surface area contributed by atoms with Crippen molar-refractivity contribution in [3.05, 3.63) is 35.9 Å². The number of carbonyl (C=O) groups is 1. The lowest BCUT2D eigenvalue weighted by atomic mass is 10.1. The van der Waals surface area contributed by atoms with Crippen LogP contribution in [0.4, 0.5) is 0 Å². The minimum atomic E-state index is -3.13. The zero-order valence-electron chi connectivity index (χ0n) is 8.41. The monoisotopic (exact) mass is 247 g/mol. The summed E-state index contributed by atoms with van der Waals surface area (Å²) >= 11 is 0. The maximum absolute atomic E-state index is 10.4. The van der Waals surface area contributed by atoms with Crippen LogP contribution in [0.5, 0.6) is 0 Å². The van der Waals surface area contributed by atoms with E-state index in [0.717, 1.165) is 5.56 Å². The third-order valence-electron chi connectivity index (χ3n) is 1.62. The standard InChI is InChI=1S/C9H11NO2.H3O3P/c10-8(9(11)12)6-7-4-2-1-3-5-7;1-4(2)3/h1-5,8H,6,10H2,(H,11,12);4H,(H2,1,2,3). The lowest BCUT2D eigenvalue weighted by Crippen LogP contribution is -2.32. The first-order valence-corrected chi connectivity index (χ1v) is 5.68. The SMILES string of the molecule is NC(Cc1ccccc1)C(=O)O.O=[PH](O)O. The van der Waals surface area contributed by atoms with Crippen LogP contribution in [0.25, 0.3) is 0 Å². The summed E-state index contributed by atoms with van der Waals surface area (Å²) in [7, 11) is -3.13. The molecule has 0 saturated carbocycles. The van der Waals surface area contributed by atoms with E-state index >= 15 is 0 Å². The van der Waals surface area contributed by atoms with E-state index in [9.17, 15) is 4.79 Å². The van der Waals surface area contributed by atoms with E-state index in [1.807, 2.05) is 30.3 Å². The molecule has 0 aliphatic rings. The van der Waals surface area contributed by atoms with Crippen molar-refractivity contribution in [2.24, 2.45) is 5.73 Å². The summed E-state index contributed by atoms with van der Waals surface area (Å²) in [5.74, 6) is -0.959. The Morgan fingerprint density at radius 3 is 2.12 bits per heavy atom. The van der Waals surface area contributed by atoms with E-state index in [2.05, 4.69) is 0 Å². The molecule has 1 rings (SSSR count). The second kappa shape index (κ2) is 8.01. The number of aliphatic carboxylic acids is 1. The van der Waals surface area contributed by atoms with Gasteiger partial charge in [0.2, 0.25) is 0 Å². The van der Waals surface area contributed by atoms with E-state index in [1.54, 1.807) is 0 Å². The van der Waals surface area contributed by atoms with Crippen LogP contribution < -0.4 is 5.73 Å². The molecule has 0 spiro atoms. The van der Waals surface area contributed by atoms with Gasteiger partial charge in [0.05, 0.1) is 0 Å². The summed E-state index contributed by atoms with van der Waals surface area (Å²) in [5, 5.41) is 8.52. The molecule has 1 aromatic carbocycles. The maximum atomic E-state index is 10.4. The molecule has 1 unspecified atom stereocenters. The van der Waals surface area contributed by atoms with Gasteiger partial charge in [-0.05, 0) is 12.0 Å². The molecular weight excluding hydrogens is 233 g/mol. The highest BCUT2D eigenvalue weighted by Crippen LogP contribution is 2.01. The predicted molar refractivity (Wildman–Crippen MR) is 59.2 cm³/mol. The average Bonchev–Trinajstić information content (AvgIpc) is 2.18. The van der Waals surface area contributed by atoms with Crippen LogP contribution in [0.3, 0.4) is 0 Å². The Bertz CT molecular complexity index is 339. The minimum absolute atomic E-state index is 0.385. The molecule has 0 bridgehead atoms. The van der Waals surface area contributed by atoms with Crippen LogP contribution in [0.15, 0.2) is 30.3 Å². The van der Waals surface area contributed by atoms with Crippen molar-refractivity contribution in [3.8, 4) is 0 Å². The van der Waals surface area contributed by atoms with Crippen LogP contribution in [0.2, 0.25) is 0 Å². The Morgan fingerprint density at radius 2 is 1.75 bits per heavy atom. The highest BCUT2D eigenvalue weighted by atomic mass is 31.1. The van der Waals surface area contributed by atoms with Gasteiger partial charge in [-0.25, -0.2) is 0 Å². The lowest BCUT2D eigenvalue weighted by Gasteiger charge is -2.04. The first kappa shape index (κ1) is 14.8. The summed E-state index contributed by atoms with van der Waals surface area (Å²) in [6.45, 7) is 0. The number of rotatable bonds is 3. The molecule has 5 N–H and O–H groups in total. The van der Waals surface area contributed by atoms with Gasteiger partial charge in [0.1, 0.15) is 6.04 Å². The molecule has 16 heavy (non-hydrogen) atoms. The number of carboxylic acid groups (broad SMARTS) is 1. The number of hydrogen-bond acceptors (Lipinski definition) is 3. The van der Waals surface area contributed by atoms with Crippen molar-refractivity contribution in [2.75, 3.05) is 0 Å². The highest BCUT2D eigenvalue weighted by Gasteiger charge is 2.10. The largest absolute Gasteiger partial charge is 0.480 e. The lowest BCUT2D eigenvalue weighted by molar-refractivity contribution is -0.138. The van der Waals surface area contributed by atoms with Crippen molar-refractivity contribution in [2.45, 2.75) is 12.5 Å². The molecule has 0 aliphatic carbocycles. The topological polar surface area (TPSA) is 121 Å². The Labute approximate surface area is 93.3 Å². The molecular formula is C9H14NO5P. The first-order valence-electron chi connectivity index (χ1n) is 4.37. The van der Waals surface area contributed by atoms with Gasteiger partial charge in [-0.15, -0.1) is 0 Å². The van der Waals surface area contributed by atoms with Crippen LogP contribution >= 0.6 is 8.25 Å². The Kier molecular flexibility index (Phi) is 7.41. The normalized spacial score (nSPS) is 11.5. The predicted octanol–water partition coefficient (Wildman–Crippen LogP) is 0.00170. The van der Waals surface area contributed by atoms with Gasteiger partial charge in [0.25, 0.3) is 0 Å². The van der Waals surface area contributed by atoms with Gasteiger partial charge in [0, 0.05) is 0 Å². The third-order valence-corrected chi connectivity index (χ3v) is 1.62. The van der Waals surface area contributed by atoms with Crippen molar-refractivity contribution < 1.29 is 24.3 Å². The van der Waals surface area contributed by atoms with Crippen LogP contribution in [-0.2, 0) is 15.8 Å². The molecule has 0 amide bonds. The Balaban J connectivity index is 0.000000487. The molecule has 0 aromatic heterocycles. The Morgan fingerprint density at radius 1 is 1.31 bits per heavy atom. The number of benzene rings is 1. The Hall–Kier alpha value is -1.20. The zero-order chi connectivity index (χ0) is 12.6. The fourth-order valence-electron chi connectivity index (χ4n) is 0.955. The van der Waals surface area contributed by atoms with E-state index in [0.29, 0.717) is 6.42 Å². The van der Waals surface area contributed by atoms with Gasteiger partial charge in [-0.1, -0.05) is 30.3 Å². The molecule has 7 heteroatoms. The van der Waals surface area contributed by atoms with Gasteiger partial charge in [0.15, 0.2) is 0 Å². The van der Waals surface area contributed by atoms with Crippen LogP contribution in [0.1, 0.15) is 5.56 Å². The van der Waals surface area contributed by atoms with E-state index in [-0.39, 0.29) is 0 Å². The highest BCUT2D eigenvalue weighted by molar-refractivity contribution is 7.30. The summed E-state index contributed by atoms with van der Waals surface area (Å²) in [5.41, 5.74) is 6.30. The van der Waals surface area contributed by atoms with Crippen LogP contribution in [0, 0.1) is 0 Å². The van der Waals surface area contributed by atoms with Crippen molar-refractivity contribution in [1.82, 2.24) is 0 Å². The zero-order valence-corrected chi connectivity index (χ0v) is 9.41. The molecule has 0 heterocycles. The van der Waals surface area contributed by atoms with Crippen molar-refractivity contribution >= 4 is 14.2 Å². The second-order valence-electron chi connectivity index (χ2n) is 2.92. The molecule has 90 valence electrons. The average molecular weight is 247 g/mol. The fourth-order valence-corrected chi connectivity index (χ4v) is 0.955. The quantitative estimate of drug-likeness (QED) is 0.558. The summed E-state index contributed by atoms with van der Waals surface area (Å²) in [6.07, 6.45) is 0.385. The first-order chi connectivity index (χ1) is 7.43. The van der Waals surface area contributed by atoms with Crippen molar-refractivity contribution in [1.29, 1.82) is 0 Å². The van der Waals surface area contributed by atoms with E-state index in [4.69, 9.17) is 25.2 Å². The minimum Gasteiger partial charge on any atom is -0.480 e. The molecule has 0 saturated heterocycles. The van der Waals surface area contributed by atoms with E-state index < -0.39 is 20.3 Å².